The molecule has 19 heavy (non-hydrogen) atoms. The van der Waals surface area contributed by atoms with E-state index in [9.17, 15) is 8.42 Å². The highest BCUT2D eigenvalue weighted by Crippen LogP contribution is 2.20. The first-order valence-corrected chi connectivity index (χ1v) is 7.89. The van der Waals surface area contributed by atoms with Gasteiger partial charge in [-0.2, -0.15) is 4.31 Å². The maximum absolute atomic E-state index is 12.6. The first-order valence-electron chi connectivity index (χ1n) is 6.45. The van der Waals surface area contributed by atoms with Gasteiger partial charge in [-0.3, -0.25) is 4.90 Å². The topological polar surface area (TPSA) is 40.6 Å². The lowest BCUT2D eigenvalue weighted by Crippen LogP contribution is -2.48. The molecule has 1 fully saturated rings. The molecule has 0 bridgehead atoms. The number of piperazine rings is 1. The summed E-state index contributed by atoms with van der Waals surface area (Å²) in [6.45, 7) is 8.97. The molecule has 1 aromatic rings. The summed E-state index contributed by atoms with van der Waals surface area (Å²) < 4.78 is 26.7. The zero-order valence-corrected chi connectivity index (χ0v) is 12.1. The summed E-state index contributed by atoms with van der Waals surface area (Å²) in [5.41, 5.74) is 0.802. The van der Waals surface area contributed by atoms with Crippen LogP contribution in [0.15, 0.2) is 41.8 Å². The average Bonchev–Trinajstić information content (AvgIpc) is 2.40. The molecule has 2 rings (SSSR count). The molecular weight excluding hydrogens is 260 g/mol. The Morgan fingerprint density at radius 1 is 1.21 bits per heavy atom. The predicted molar refractivity (Wildman–Crippen MR) is 76.6 cm³/mol. The molecule has 1 aliphatic heterocycles. The maximum atomic E-state index is 12.6. The third kappa shape index (κ3) is 3.05. The molecule has 0 aromatic heterocycles. The van der Waals surface area contributed by atoms with Crippen molar-refractivity contribution in [1.29, 1.82) is 0 Å². The summed E-state index contributed by atoms with van der Waals surface area (Å²) in [5, 5.41) is 0. The minimum absolute atomic E-state index is 0.423. The number of hydrogen-bond acceptors (Lipinski definition) is 3. The Hall–Kier alpha value is -1.17. The van der Waals surface area contributed by atoms with Gasteiger partial charge < -0.3 is 0 Å². The molecule has 1 aliphatic rings. The molecule has 1 aromatic carbocycles. The molecule has 0 atom stereocenters. The third-order valence-electron chi connectivity index (χ3n) is 3.43. The lowest BCUT2D eigenvalue weighted by atomic mass is 10.2. The van der Waals surface area contributed by atoms with Gasteiger partial charge in [-0.05, 0) is 18.6 Å². The molecule has 4 nitrogen and oxygen atoms in total. The van der Waals surface area contributed by atoms with Crippen LogP contribution < -0.4 is 0 Å². The Bertz CT molecular complexity index is 546. The number of rotatable bonds is 4. The minimum Gasteiger partial charge on any atom is -0.297 e. The van der Waals surface area contributed by atoms with E-state index < -0.39 is 10.0 Å². The number of aryl methyl sites for hydroxylation is 1. The van der Waals surface area contributed by atoms with E-state index in [0.29, 0.717) is 18.0 Å². The van der Waals surface area contributed by atoms with Gasteiger partial charge in [0.15, 0.2) is 0 Å². The zero-order chi connectivity index (χ0) is 13.9. The second-order valence-corrected chi connectivity index (χ2v) is 6.67. The van der Waals surface area contributed by atoms with E-state index in [4.69, 9.17) is 0 Å². The van der Waals surface area contributed by atoms with E-state index in [-0.39, 0.29) is 0 Å². The van der Waals surface area contributed by atoms with Crippen LogP contribution in [-0.2, 0) is 10.0 Å². The highest BCUT2D eigenvalue weighted by Gasteiger charge is 2.28. The smallest absolute Gasteiger partial charge is 0.243 e. The fraction of sp³-hybridized carbons (Fsp3) is 0.429. The van der Waals surface area contributed by atoms with Crippen molar-refractivity contribution in [2.75, 3.05) is 32.7 Å². The largest absolute Gasteiger partial charge is 0.297 e. The number of nitrogens with zero attached hydrogens (tertiary/aromatic N) is 2. The van der Waals surface area contributed by atoms with Crippen LogP contribution in [-0.4, -0.2) is 50.3 Å². The summed E-state index contributed by atoms with van der Waals surface area (Å²) in [4.78, 5) is 2.63. The highest BCUT2D eigenvalue weighted by molar-refractivity contribution is 7.89. The summed E-state index contributed by atoms with van der Waals surface area (Å²) >= 11 is 0. The van der Waals surface area contributed by atoms with E-state index in [1.54, 1.807) is 16.4 Å². The second kappa shape index (κ2) is 5.86. The van der Waals surface area contributed by atoms with Gasteiger partial charge in [0, 0.05) is 32.7 Å². The van der Waals surface area contributed by atoms with Gasteiger partial charge in [0.05, 0.1) is 4.90 Å². The molecule has 104 valence electrons. The first-order chi connectivity index (χ1) is 9.05. The molecule has 0 spiro atoms. The van der Waals surface area contributed by atoms with Crippen molar-refractivity contribution in [2.24, 2.45) is 0 Å². The van der Waals surface area contributed by atoms with Crippen LogP contribution in [0.2, 0.25) is 0 Å². The molecule has 5 heteroatoms. The Balaban J connectivity index is 2.14. The first kappa shape index (κ1) is 14.2. The SMILES string of the molecule is C=CCN1CCN(S(=O)(=O)c2ccccc2C)CC1. The zero-order valence-electron chi connectivity index (χ0n) is 11.2. The van der Waals surface area contributed by atoms with Crippen molar-refractivity contribution in [1.82, 2.24) is 9.21 Å². The Labute approximate surface area is 115 Å². The van der Waals surface area contributed by atoms with Crippen molar-refractivity contribution in [3.05, 3.63) is 42.5 Å². The quantitative estimate of drug-likeness (QED) is 0.785. The van der Waals surface area contributed by atoms with Gasteiger partial charge in [-0.15, -0.1) is 6.58 Å². The molecule has 0 unspecified atom stereocenters. The molecule has 1 saturated heterocycles. The van der Waals surface area contributed by atoms with Crippen LogP contribution in [0.5, 0.6) is 0 Å². The van der Waals surface area contributed by atoms with Gasteiger partial charge in [0.1, 0.15) is 0 Å². The van der Waals surface area contributed by atoms with Gasteiger partial charge >= 0.3 is 0 Å². The molecule has 1 heterocycles. The van der Waals surface area contributed by atoms with E-state index in [1.165, 1.54) is 0 Å². The van der Waals surface area contributed by atoms with Crippen molar-refractivity contribution in [2.45, 2.75) is 11.8 Å². The summed E-state index contributed by atoms with van der Waals surface area (Å²) in [6, 6.07) is 7.14. The fourth-order valence-electron chi connectivity index (χ4n) is 2.32. The normalized spacial score (nSPS) is 18.4. The number of sulfonamides is 1. The van der Waals surface area contributed by atoms with E-state index in [0.717, 1.165) is 25.2 Å². The van der Waals surface area contributed by atoms with Crippen LogP contribution in [0.1, 0.15) is 5.56 Å². The average molecular weight is 280 g/mol. The van der Waals surface area contributed by atoms with Crippen LogP contribution >= 0.6 is 0 Å². The van der Waals surface area contributed by atoms with Crippen molar-refractivity contribution < 1.29 is 8.42 Å². The standard InChI is InChI=1S/C14H20N2O2S/c1-3-8-15-9-11-16(12-10-15)19(17,18)14-7-5-4-6-13(14)2/h3-7H,1,8-12H2,2H3. The van der Waals surface area contributed by atoms with Crippen LogP contribution in [0.3, 0.4) is 0 Å². The van der Waals surface area contributed by atoms with E-state index in [1.807, 2.05) is 25.1 Å². The molecule has 0 aliphatic carbocycles. The van der Waals surface area contributed by atoms with Gasteiger partial charge in [0.25, 0.3) is 0 Å². The summed E-state index contributed by atoms with van der Waals surface area (Å²) in [5.74, 6) is 0. The Morgan fingerprint density at radius 2 is 1.84 bits per heavy atom. The minimum atomic E-state index is -3.35. The van der Waals surface area contributed by atoms with E-state index in [2.05, 4.69) is 11.5 Å². The van der Waals surface area contributed by atoms with Crippen LogP contribution in [0, 0.1) is 6.92 Å². The third-order valence-corrected chi connectivity index (χ3v) is 5.49. The van der Waals surface area contributed by atoms with Crippen molar-refractivity contribution in [3.63, 3.8) is 0 Å². The van der Waals surface area contributed by atoms with Gasteiger partial charge in [0.2, 0.25) is 10.0 Å². The monoisotopic (exact) mass is 280 g/mol. The van der Waals surface area contributed by atoms with Gasteiger partial charge in [-0.25, -0.2) is 8.42 Å². The summed E-state index contributed by atoms with van der Waals surface area (Å²) in [7, 11) is -3.35. The Morgan fingerprint density at radius 3 is 2.42 bits per heavy atom. The molecule has 0 saturated carbocycles. The maximum Gasteiger partial charge on any atom is 0.243 e. The van der Waals surface area contributed by atoms with Crippen LogP contribution in [0.25, 0.3) is 0 Å². The predicted octanol–water partition coefficient (Wildman–Crippen LogP) is 1.49. The van der Waals surface area contributed by atoms with Crippen LogP contribution in [0.4, 0.5) is 0 Å². The second-order valence-electron chi connectivity index (χ2n) is 4.76. The number of hydrogen-bond donors (Lipinski definition) is 0. The lowest BCUT2D eigenvalue weighted by Gasteiger charge is -2.33. The summed E-state index contributed by atoms with van der Waals surface area (Å²) in [6.07, 6.45) is 1.85. The molecule has 0 radical (unpaired) electrons. The molecule has 0 amide bonds. The molecule has 0 N–H and O–H groups in total. The van der Waals surface area contributed by atoms with E-state index >= 15 is 0 Å². The van der Waals surface area contributed by atoms with Gasteiger partial charge in [-0.1, -0.05) is 24.3 Å². The van der Waals surface area contributed by atoms with Crippen molar-refractivity contribution in [3.8, 4) is 0 Å². The molecular formula is C14H20N2O2S. The number of benzene rings is 1. The van der Waals surface area contributed by atoms with Crippen molar-refractivity contribution >= 4 is 10.0 Å². The Kier molecular flexibility index (Phi) is 4.39. The highest BCUT2D eigenvalue weighted by atomic mass is 32.2. The lowest BCUT2D eigenvalue weighted by molar-refractivity contribution is 0.204. The fourth-order valence-corrected chi connectivity index (χ4v) is 3.97.